The van der Waals surface area contributed by atoms with Crippen molar-refractivity contribution < 1.29 is 23.3 Å². The second-order valence-electron chi connectivity index (χ2n) is 2.23. The molecule has 7 heteroatoms. The first kappa shape index (κ1) is 12.5. The van der Waals surface area contributed by atoms with Crippen LogP contribution in [0.4, 0.5) is 0 Å². The highest BCUT2D eigenvalue weighted by atomic mass is 31.2. The van der Waals surface area contributed by atoms with Gasteiger partial charge >= 0.3 is 7.82 Å². The largest absolute Gasteiger partial charge is 0.474 e. The zero-order valence-corrected chi connectivity index (χ0v) is 8.36. The molecule has 2 unspecified atom stereocenters. The minimum absolute atomic E-state index is 0.116. The minimum atomic E-state index is -4.07. The second kappa shape index (κ2) is 6.02. The number of phosphoric ester groups is 1. The topological polar surface area (TPSA) is 85.2 Å². The van der Waals surface area contributed by atoms with Gasteiger partial charge in [0.1, 0.15) is 0 Å². The molecule has 0 fully saturated rings. The summed E-state index contributed by atoms with van der Waals surface area (Å²) in [4.78, 5) is 21.8. The van der Waals surface area contributed by atoms with Crippen molar-refractivity contribution in [2.45, 2.75) is 26.5 Å². The van der Waals surface area contributed by atoms with Crippen molar-refractivity contribution in [1.29, 1.82) is 0 Å². The first-order chi connectivity index (χ1) is 6.02. The van der Waals surface area contributed by atoms with Crippen LogP contribution in [-0.4, -0.2) is 23.8 Å². The molecule has 76 valence electrons. The Kier molecular flexibility index (Phi) is 5.79. The maximum atomic E-state index is 11.0. The van der Waals surface area contributed by atoms with Gasteiger partial charge in [0.15, 0.2) is 6.23 Å². The highest BCUT2D eigenvalue weighted by Crippen LogP contribution is 2.44. The van der Waals surface area contributed by atoms with E-state index in [2.05, 4.69) is 14.0 Å². The Morgan fingerprint density at radius 1 is 1.69 bits per heavy atom. The molecule has 0 saturated carbocycles. The summed E-state index contributed by atoms with van der Waals surface area (Å²) in [6.45, 7) is 3.24. The van der Waals surface area contributed by atoms with Crippen molar-refractivity contribution in [2.75, 3.05) is 6.61 Å². The number of hydrogen-bond donors (Lipinski definition) is 1. The lowest BCUT2D eigenvalue weighted by Crippen LogP contribution is -2.04. The maximum Gasteiger partial charge on any atom is 0.474 e. The zero-order valence-electron chi connectivity index (χ0n) is 7.47. The van der Waals surface area contributed by atoms with Crippen LogP contribution in [0.2, 0.25) is 0 Å². The molecule has 0 aromatic rings. The van der Waals surface area contributed by atoms with Crippen molar-refractivity contribution >= 4 is 13.9 Å². The Bertz CT molecular complexity index is 237. The molecule has 0 bridgehead atoms. The molecule has 0 saturated heterocycles. The van der Waals surface area contributed by atoms with Gasteiger partial charge in [-0.25, -0.2) is 9.36 Å². The smallest absolute Gasteiger partial charge is 0.302 e. The van der Waals surface area contributed by atoms with E-state index in [0.717, 1.165) is 0 Å². The summed E-state index contributed by atoms with van der Waals surface area (Å²) < 4.78 is 19.9. The number of nitrogens with zero attached hydrogens (tertiary/aromatic N) is 1. The zero-order chi connectivity index (χ0) is 10.3. The molecule has 0 aliphatic heterocycles. The van der Waals surface area contributed by atoms with Crippen molar-refractivity contribution in [1.82, 2.24) is 0 Å². The third-order valence-corrected chi connectivity index (χ3v) is 2.06. The maximum absolute atomic E-state index is 11.0. The van der Waals surface area contributed by atoms with Crippen LogP contribution >= 0.6 is 7.82 Å². The van der Waals surface area contributed by atoms with Gasteiger partial charge in [0.25, 0.3) is 0 Å². The molecule has 0 rings (SSSR count). The first-order valence-electron chi connectivity index (χ1n) is 3.74. The van der Waals surface area contributed by atoms with Crippen LogP contribution in [0.25, 0.3) is 0 Å². The molecular weight excluding hydrogens is 197 g/mol. The number of carbonyl (C=O) groups excluding carboxylic acids is 1. The van der Waals surface area contributed by atoms with Crippen molar-refractivity contribution in [3.05, 3.63) is 0 Å². The molecule has 6 nitrogen and oxygen atoms in total. The van der Waals surface area contributed by atoms with E-state index < -0.39 is 14.1 Å². The lowest BCUT2D eigenvalue weighted by Gasteiger charge is -2.12. The average molecular weight is 209 g/mol. The molecule has 2 atom stereocenters. The summed E-state index contributed by atoms with van der Waals surface area (Å²) in [5.74, 6) is 0. The van der Waals surface area contributed by atoms with Crippen LogP contribution in [-0.2, 0) is 18.4 Å². The number of aliphatic imine (C=N–C) groups is 1. The number of hydrogen-bond acceptors (Lipinski definition) is 5. The van der Waals surface area contributed by atoms with E-state index >= 15 is 0 Å². The third kappa shape index (κ3) is 6.63. The molecular formula is C6H12NO5P. The van der Waals surface area contributed by atoms with Gasteiger partial charge in [0, 0.05) is 0 Å². The van der Waals surface area contributed by atoms with Gasteiger partial charge in [-0.3, -0.25) is 9.05 Å². The minimum Gasteiger partial charge on any atom is -0.302 e. The van der Waals surface area contributed by atoms with Crippen LogP contribution in [0.15, 0.2) is 4.99 Å². The number of phosphoric acid groups is 1. The van der Waals surface area contributed by atoms with Gasteiger partial charge in [-0.15, -0.1) is 0 Å². The van der Waals surface area contributed by atoms with Crippen LogP contribution in [0.5, 0.6) is 0 Å². The SMILES string of the molecule is CCCOP(=O)(O)OC(C)N=C=O. The van der Waals surface area contributed by atoms with E-state index in [-0.39, 0.29) is 6.61 Å². The predicted molar refractivity (Wildman–Crippen MR) is 44.7 cm³/mol. The Morgan fingerprint density at radius 2 is 2.31 bits per heavy atom. The summed E-state index contributed by atoms with van der Waals surface area (Å²) in [6, 6.07) is 0. The number of rotatable bonds is 6. The van der Waals surface area contributed by atoms with Crippen molar-refractivity contribution in [3.8, 4) is 0 Å². The van der Waals surface area contributed by atoms with Crippen LogP contribution in [0.3, 0.4) is 0 Å². The summed E-state index contributed by atoms with van der Waals surface area (Å²) in [5, 5.41) is 0. The molecule has 0 spiro atoms. The van der Waals surface area contributed by atoms with Gasteiger partial charge in [-0.2, -0.15) is 4.99 Å². The van der Waals surface area contributed by atoms with E-state index in [1.165, 1.54) is 13.0 Å². The highest BCUT2D eigenvalue weighted by Gasteiger charge is 2.23. The lowest BCUT2D eigenvalue weighted by molar-refractivity contribution is 0.117. The number of isocyanates is 1. The van der Waals surface area contributed by atoms with Crippen LogP contribution < -0.4 is 0 Å². The fraction of sp³-hybridized carbons (Fsp3) is 0.833. The van der Waals surface area contributed by atoms with E-state index in [1.807, 2.05) is 0 Å². The Morgan fingerprint density at radius 3 is 2.77 bits per heavy atom. The van der Waals surface area contributed by atoms with E-state index in [1.54, 1.807) is 6.92 Å². The fourth-order valence-corrected chi connectivity index (χ4v) is 1.43. The van der Waals surface area contributed by atoms with E-state index in [4.69, 9.17) is 4.89 Å². The molecule has 0 amide bonds. The van der Waals surface area contributed by atoms with Gasteiger partial charge in [-0.1, -0.05) is 6.92 Å². The van der Waals surface area contributed by atoms with E-state index in [0.29, 0.717) is 6.42 Å². The van der Waals surface area contributed by atoms with Crippen molar-refractivity contribution in [3.63, 3.8) is 0 Å². The summed E-state index contributed by atoms with van der Waals surface area (Å²) in [6.07, 6.45) is 0.782. The quantitative estimate of drug-likeness (QED) is 0.403. The predicted octanol–water partition coefficient (Wildman–Crippen LogP) is 1.21. The third-order valence-electron chi connectivity index (χ3n) is 0.979. The van der Waals surface area contributed by atoms with E-state index in [9.17, 15) is 9.36 Å². The van der Waals surface area contributed by atoms with Gasteiger partial charge < -0.3 is 4.89 Å². The normalized spacial score (nSPS) is 17.2. The molecule has 0 radical (unpaired) electrons. The van der Waals surface area contributed by atoms with Gasteiger partial charge in [0.05, 0.1) is 6.61 Å². The lowest BCUT2D eigenvalue weighted by atomic mass is 10.5. The second-order valence-corrected chi connectivity index (χ2v) is 3.63. The molecule has 0 aromatic carbocycles. The summed E-state index contributed by atoms with van der Waals surface area (Å²) >= 11 is 0. The average Bonchev–Trinajstić information content (AvgIpc) is 2.00. The van der Waals surface area contributed by atoms with Gasteiger partial charge in [-0.05, 0) is 13.3 Å². The molecule has 13 heavy (non-hydrogen) atoms. The summed E-state index contributed by atoms with van der Waals surface area (Å²) in [7, 11) is -4.07. The monoisotopic (exact) mass is 209 g/mol. The molecule has 0 heterocycles. The standard InChI is InChI=1S/C6H12NO5P/c1-3-4-11-13(9,10)12-6(2)7-5-8/h6H,3-4H2,1-2H3,(H,9,10). The summed E-state index contributed by atoms with van der Waals surface area (Å²) in [5.41, 5.74) is 0. The molecule has 0 aromatic heterocycles. The highest BCUT2D eigenvalue weighted by molar-refractivity contribution is 7.47. The Balaban J connectivity index is 4.00. The van der Waals surface area contributed by atoms with Gasteiger partial charge in [0.2, 0.25) is 6.08 Å². The first-order valence-corrected chi connectivity index (χ1v) is 5.24. The molecule has 0 aliphatic carbocycles. The molecule has 1 N–H and O–H groups in total. The Hall–Kier alpha value is -0.510. The van der Waals surface area contributed by atoms with Crippen LogP contribution in [0, 0.1) is 0 Å². The fourth-order valence-electron chi connectivity index (χ4n) is 0.528. The molecule has 0 aliphatic rings. The van der Waals surface area contributed by atoms with Crippen LogP contribution in [0.1, 0.15) is 20.3 Å². The Labute approximate surface area is 76.2 Å². The van der Waals surface area contributed by atoms with Crippen molar-refractivity contribution in [2.24, 2.45) is 4.99 Å².